The van der Waals surface area contributed by atoms with E-state index in [1.54, 1.807) is 4.90 Å². The van der Waals surface area contributed by atoms with Crippen molar-refractivity contribution < 1.29 is 9.72 Å². The van der Waals surface area contributed by atoms with E-state index in [0.29, 0.717) is 36.7 Å². The summed E-state index contributed by atoms with van der Waals surface area (Å²) >= 11 is 0. The van der Waals surface area contributed by atoms with Crippen LogP contribution in [0, 0.1) is 16.0 Å². The summed E-state index contributed by atoms with van der Waals surface area (Å²) in [5, 5.41) is 10.7. The average Bonchev–Trinajstić information content (AvgIpc) is 2.60. The average molecular weight is 249 g/mol. The van der Waals surface area contributed by atoms with E-state index in [1.807, 2.05) is 6.92 Å². The number of non-ortho nitro benzene ring substituents is 1. The quantitative estimate of drug-likeness (QED) is 0.500. The maximum Gasteiger partial charge on any atom is 0.269 e. The van der Waals surface area contributed by atoms with Gasteiger partial charge in [-0.25, -0.2) is 0 Å². The molecule has 1 atom stereocenters. The number of likely N-dealkylation sites (tertiary alicyclic amines) is 1. The molecule has 1 aliphatic rings. The molecule has 0 saturated carbocycles. The molecule has 6 nitrogen and oxygen atoms in total. The first kappa shape index (κ1) is 12.3. The third-order valence-electron chi connectivity index (χ3n) is 3.11. The Morgan fingerprint density at radius 3 is 2.83 bits per heavy atom. The highest BCUT2D eigenvalue weighted by molar-refractivity contribution is 5.78. The predicted molar refractivity (Wildman–Crippen MR) is 66.7 cm³/mol. The van der Waals surface area contributed by atoms with Crippen molar-refractivity contribution in [3.8, 4) is 0 Å². The topological polar surface area (TPSA) is 89.5 Å². The van der Waals surface area contributed by atoms with Crippen LogP contribution in [0.15, 0.2) is 18.2 Å². The second kappa shape index (κ2) is 4.64. The zero-order valence-corrected chi connectivity index (χ0v) is 10.1. The van der Waals surface area contributed by atoms with Gasteiger partial charge in [0.1, 0.15) is 0 Å². The van der Waals surface area contributed by atoms with Crippen LogP contribution in [-0.2, 0) is 11.3 Å². The van der Waals surface area contributed by atoms with Gasteiger partial charge in [0.25, 0.3) is 5.69 Å². The minimum Gasteiger partial charge on any atom is -0.398 e. The Balaban J connectivity index is 2.20. The Labute approximate surface area is 105 Å². The lowest BCUT2D eigenvalue weighted by Crippen LogP contribution is -2.24. The van der Waals surface area contributed by atoms with Gasteiger partial charge in [-0.2, -0.15) is 0 Å². The lowest BCUT2D eigenvalue weighted by atomic mass is 10.1. The summed E-state index contributed by atoms with van der Waals surface area (Å²) in [6.45, 7) is 3.03. The summed E-state index contributed by atoms with van der Waals surface area (Å²) in [6.07, 6.45) is 0.537. The molecule has 1 saturated heterocycles. The van der Waals surface area contributed by atoms with E-state index in [2.05, 4.69) is 0 Å². The van der Waals surface area contributed by atoms with Crippen LogP contribution >= 0.6 is 0 Å². The van der Waals surface area contributed by atoms with Gasteiger partial charge in [0.15, 0.2) is 0 Å². The van der Waals surface area contributed by atoms with E-state index in [-0.39, 0.29) is 11.6 Å². The molecule has 1 aromatic carbocycles. The molecule has 1 unspecified atom stereocenters. The summed E-state index contributed by atoms with van der Waals surface area (Å²) < 4.78 is 0. The van der Waals surface area contributed by atoms with Crippen molar-refractivity contribution in [2.45, 2.75) is 19.9 Å². The largest absolute Gasteiger partial charge is 0.398 e. The lowest BCUT2D eigenvalue weighted by molar-refractivity contribution is -0.384. The van der Waals surface area contributed by atoms with Gasteiger partial charge in [0, 0.05) is 42.9 Å². The van der Waals surface area contributed by atoms with Gasteiger partial charge >= 0.3 is 0 Å². The zero-order chi connectivity index (χ0) is 13.3. The Kier molecular flexibility index (Phi) is 3.18. The van der Waals surface area contributed by atoms with Gasteiger partial charge in [-0.3, -0.25) is 14.9 Å². The van der Waals surface area contributed by atoms with Gasteiger partial charge in [0.05, 0.1) is 4.92 Å². The van der Waals surface area contributed by atoms with Crippen molar-refractivity contribution in [3.63, 3.8) is 0 Å². The molecule has 2 N–H and O–H groups in total. The van der Waals surface area contributed by atoms with E-state index in [1.165, 1.54) is 18.2 Å². The maximum atomic E-state index is 11.7. The number of nitro groups is 1. The normalized spacial score (nSPS) is 19.3. The molecule has 0 aromatic heterocycles. The zero-order valence-electron chi connectivity index (χ0n) is 10.1. The van der Waals surface area contributed by atoms with Crippen LogP contribution in [0.4, 0.5) is 11.4 Å². The molecule has 1 heterocycles. The lowest BCUT2D eigenvalue weighted by Gasteiger charge is -2.17. The van der Waals surface area contributed by atoms with Gasteiger partial charge in [0.2, 0.25) is 5.91 Å². The fraction of sp³-hybridized carbons (Fsp3) is 0.417. The Morgan fingerprint density at radius 1 is 1.56 bits per heavy atom. The van der Waals surface area contributed by atoms with E-state index in [9.17, 15) is 14.9 Å². The number of nitrogen functional groups attached to an aromatic ring is 1. The van der Waals surface area contributed by atoms with Crippen LogP contribution in [0.1, 0.15) is 18.9 Å². The highest BCUT2D eigenvalue weighted by Gasteiger charge is 2.27. The number of carbonyl (C=O) groups excluding carboxylic acids is 1. The first-order valence-corrected chi connectivity index (χ1v) is 5.78. The highest BCUT2D eigenvalue weighted by atomic mass is 16.6. The highest BCUT2D eigenvalue weighted by Crippen LogP contribution is 2.24. The Bertz CT molecular complexity index is 501. The monoisotopic (exact) mass is 249 g/mol. The van der Waals surface area contributed by atoms with Crippen LogP contribution in [0.25, 0.3) is 0 Å². The van der Waals surface area contributed by atoms with Crippen molar-refractivity contribution in [1.29, 1.82) is 0 Å². The first-order valence-electron chi connectivity index (χ1n) is 5.78. The van der Waals surface area contributed by atoms with E-state index < -0.39 is 4.92 Å². The molecule has 1 fully saturated rings. The number of rotatable bonds is 3. The summed E-state index contributed by atoms with van der Waals surface area (Å²) in [5.74, 6) is 0.408. The molecule has 1 amide bonds. The van der Waals surface area contributed by atoms with Gasteiger partial charge in [-0.05, 0) is 12.0 Å². The molecule has 2 rings (SSSR count). The van der Waals surface area contributed by atoms with Gasteiger partial charge < -0.3 is 10.6 Å². The second-order valence-corrected chi connectivity index (χ2v) is 4.72. The summed E-state index contributed by atoms with van der Waals surface area (Å²) in [5.41, 5.74) is 6.90. The number of nitro benzene ring substituents is 1. The third-order valence-corrected chi connectivity index (χ3v) is 3.11. The fourth-order valence-electron chi connectivity index (χ4n) is 2.17. The molecule has 0 spiro atoms. The van der Waals surface area contributed by atoms with E-state index >= 15 is 0 Å². The molecule has 18 heavy (non-hydrogen) atoms. The van der Waals surface area contributed by atoms with Crippen LogP contribution in [0.2, 0.25) is 0 Å². The van der Waals surface area contributed by atoms with Crippen molar-refractivity contribution >= 4 is 17.3 Å². The van der Waals surface area contributed by atoms with Gasteiger partial charge in [-0.15, -0.1) is 0 Å². The molecular formula is C12H15N3O3. The van der Waals surface area contributed by atoms with Crippen molar-refractivity contribution in [1.82, 2.24) is 4.90 Å². The minimum atomic E-state index is -0.461. The number of nitrogens with zero attached hydrogens (tertiary/aromatic N) is 2. The van der Waals surface area contributed by atoms with Crippen LogP contribution in [-0.4, -0.2) is 22.3 Å². The summed E-state index contributed by atoms with van der Waals surface area (Å²) in [7, 11) is 0. The SMILES string of the molecule is CC1CC(=O)N(Cc2cc([N+](=O)[O-])ccc2N)C1. The molecule has 0 bridgehead atoms. The molecule has 96 valence electrons. The predicted octanol–water partition coefficient (Wildman–Crippen LogP) is 1.55. The summed E-state index contributed by atoms with van der Waals surface area (Å²) in [6, 6.07) is 4.32. The Morgan fingerprint density at radius 2 is 2.28 bits per heavy atom. The maximum absolute atomic E-state index is 11.7. The van der Waals surface area contributed by atoms with Gasteiger partial charge in [-0.1, -0.05) is 6.92 Å². The van der Waals surface area contributed by atoms with Crippen molar-refractivity contribution in [2.75, 3.05) is 12.3 Å². The van der Waals surface area contributed by atoms with E-state index in [0.717, 1.165) is 0 Å². The summed E-state index contributed by atoms with van der Waals surface area (Å²) in [4.78, 5) is 23.6. The smallest absolute Gasteiger partial charge is 0.269 e. The van der Waals surface area contributed by atoms with Crippen LogP contribution in [0.3, 0.4) is 0 Å². The number of amides is 1. The minimum absolute atomic E-state index is 0.00102. The number of hydrogen-bond donors (Lipinski definition) is 1. The fourth-order valence-corrected chi connectivity index (χ4v) is 2.17. The van der Waals surface area contributed by atoms with Crippen LogP contribution < -0.4 is 5.73 Å². The van der Waals surface area contributed by atoms with Crippen LogP contribution in [0.5, 0.6) is 0 Å². The van der Waals surface area contributed by atoms with Crippen molar-refractivity contribution in [3.05, 3.63) is 33.9 Å². The number of nitrogens with two attached hydrogens (primary N) is 1. The number of benzene rings is 1. The first-order chi connectivity index (χ1) is 8.47. The molecule has 6 heteroatoms. The molecule has 0 radical (unpaired) electrons. The molecule has 1 aromatic rings. The number of carbonyl (C=O) groups is 1. The van der Waals surface area contributed by atoms with E-state index in [4.69, 9.17) is 5.73 Å². The molecule has 0 aliphatic carbocycles. The molecular weight excluding hydrogens is 234 g/mol. The second-order valence-electron chi connectivity index (χ2n) is 4.72. The standard InChI is InChI=1S/C12H15N3O3/c1-8-4-12(16)14(6-8)7-9-5-10(15(17)18)2-3-11(9)13/h2-3,5,8H,4,6-7,13H2,1H3. The number of hydrogen-bond acceptors (Lipinski definition) is 4. The third kappa shape index (κ3) is 2.42. The Hall–Kier alpha value is -2.11. The number of anilines is 1. The molecule has 1 aliphatic heterocycles. The van der Waals surface area contributed by atoms with Crippen molar-refractivity contribution in [2.24, 2.45) is 5.92 Å².